The molecule has 4 rings (SSSR count). The summed E-state index contributed by atoms with van der Waals surface area (Å²) < 4.78 is 17.5. The average Bonchev–Trinajstić information content (AvgIpc) is 3.33. The Balaban J connectivity index is 1.50. The van der Waals surface area contributed by atoms with E-state index in [-0.39, 0.29) is 23.2 Å². The molecule has 0 spiro atoms. The minimum Gasteiger partial charge on any atom is -0.506 e. The van der Waals surface area contributed by atoms with Crippen molar-refractivity contribution in [3.63, 3.8) is 0 Å². The van der Waals surface area contributed by atoms with E-state index in [0.29, 0.717) is 36.2 Å². The van der Waals surface area contributed by atoms with Crippen LogP contribution in [0.15, 0.2) is 24.3 Å². The van der Waals surface area contributed by atoms with Gasteiger partial charge in [-0.25, -0.2) is 0 Å². The molecule has 1 N–H and O–H groups in total. The Kier molecular flexibility index (Phi) is 6.38. The van der Waals surface area contributed by atoms with Crippen LogP contribution in [0.3, 0.4) is 0 Å². The normalized spacial score (nSPS) is 22.4. The smallest absolute Gasteiger partial charge is 0.157 e. The molecule has 0 aromatic heterocycles. The van der Waals surface area contributed by atoms with Crippen molar-refractivity contribution in [3.8, 4) is 11.5 Å². The van der Waals surface area contributed by atoms with Crippen LogP contribution >= 0.6 is 11.6 Å². The number of aromatic hydroxyl groups is 1. The van der Waals surface area contributed by atoms with E-state index in [1.807, 2.05) is 18.2 Å². The van der Waals surface area contributed by atoms with E-state index in [2.05, 4.69) is 0 Å². The molecular formula is C23H25ClO5. The standard InChI is InChI=1S/C23H25ClO5/c24-21-15(9-6-12-25)16(7-1-3-13-27-19-11-2-4-14-28-19)23-20(22(21)26)17-8-5-10-18(17)29-23/h5-6,8-10,12,18-19,26H,1-4,7,11,13-14H2. The first-order valence-electron chi connectivity index (χ1n) is 10.2. The van der Waals surface area contributed by atoms with Crippen molar-refractivity contribution in [3.05, 3.63) is 46.0 Å². The van der Waals surface area contributed by atoms with E-state index in [9.17, 15) is 9.90 Å². The number of fused-ring (bicyclic) bond motifs is 3. The van der Waals surface area contributed by atoms with Crippen LogP contribution in [0.2, 0.25) is 5.02 Å². The highest BCUT2D eigenvalue weighted by molar-refractivity contribution is 6.34. The number of phenols is 1. The lowest BCUT2D eigenvalue weighted by molar-refractivity contribution is -0.162. The summed E-state index contributed by atoms with van der Waals surface area (Å²) in [5.74, 6) is 0.667. The van der Waals surface area contributed by atoms with Gasteiger partial charge in [0.2, 0.25) is 0 Å². The van der Waals surface area contributed by atoms with Crippen LogP contribution in [0.5, 0.6) is 11.5 Å². The molecule has 0 radical (unpaired) electrons. The summed E-state index contributed by atoms with van der Waals surface area (Å²) in [6.45, 7) is 1.41. The molecule has 0 amide bonds. The van der Waals surface area contributed by atoms with E-state index in [1.165, 1.54) is 6.08 Å². The molecule has 29 heavy (non-hydrogen) atoms. The fourth-order valence-electron chi connectivity index (χ4n) is 4.08. The SMILES string of the molecule is O=CC=Cc1c(Cl)c(O)c2c(c1CCCCOC1CCCCO1)OC1C=CC=C21. The number of unbranched alkanes of at least 4 members (excludes halogenated alkanes) is 1. The molecule has 0 bridgehead atoms. The summed E-state index contributed by atoms with van der Waals surface area (Å²) in [6, 6.07) is 0. The van der Waals surface area contributed by atoms with Gasteiger partial charge in [0, 0.05) is 29.9 Å². The highest BCUT2D eigenvalue weighted by atomic mass is 35.5. The molecule has 2 atom stereocenters. The Labute approximate surface area is 175 Å². The van der Waals surface area contributed by atoms with Crippen molar-refractivity contribution in [1.82, 2.24) is 0 Å². The maximum Gasteiger partial charge on any atom is 0.157 e. The summed E-state index contributed by atoms with van der Waals surface area (Å²) in [4.78, 5) is 10.9. The van der Waals surface area contributed by atoms with Gasteiger partial charge in [0.05, 0.1) is 10.6 Å². The number of ether oxygens (including phenoxy) is 3. The summed E-state index contributed by atoms with van der Waals surface area (Å²) in [5, 5.41) is 10.9. The van der Waals surface area contributed by atoms with E-state index in [1.54, 1.807) is 6.08 Å². The van der Waals surface area contributed by atoms with Gasteiger partial charge in [-0.2, -0.15) is 0 Å². The van der Waals surface area contributed by atoms with Crippen LogP contribution in [-0.2, 0) is 20.7 Å². The number of carbonyl (C=O) groups excluding carboxylic acids is 1. The predicted octanol–water partition coefficient (Wildman–Crippen LogP) is 4.84. The van der Waals surface area contributed by atoms with E-state index < -0.39 is 0 Å². The van der Waals surface area contributed by atoms with E-state index >= 15 is 0 Å². The number of hydrogen-bond donors (Lipinski definition) is 1. The average molecular weight is 417 g/mol. The molecule has 1 aromatic carbocycles. The highest BCUT2D eigenvalue weighted by Crippen LogP contribution is 2.52. The Morgan fingerprint density at radius 2 is 2.21 bits per heavy atom. The molecule has 3 aliphatic rings. The largest absolute Gasteiger partial charge is 0.506 e. The quantitative estimate of drug-likeness (QED) is 0.373. The predicted molar refractivity (Wildman–Crippen MR) is 112 cm³/mol. The summed E-state index contributed by atoms with van der Waals surface area (Å²) in [7, 11) is 0. The van der Waals surface area contributed by atoms with Gasteiger partial charge in [-0.05, 0) is 56.8 Å². The second-order valence-electron chi connectivity index (χ2n) is 7.42. The Morgan fingerprint density at radius 3 is 3.00 bits per heavy atom. The van der Waals surface area contributed by atoms with Gasteiger partial charge in [-0.1, -0.05) is 23.8 Å². The molecule has 2 aliphatic heterocycles. The maximum absolute atomic E-state index is 10.9. The lowest BCUT2D eigenvalue weighted by Crippen LogP contribution is -2.22. The fourth-order valence-corrected chi connectivity index (χ4v) is 4.35. The number of hydrogen-bond acceptors (Lipinski definition) is 5. The summed E-state index contributed by atoms with van der Waals surface area (Å²) >= 11 is 6.49. The second-order valence-corrected chi connectivity index (χ2v) is 7.80. The van der Waals surface area contributed by atoms with Gasteiger partial charge < -0.3 is 19.3 Å². The van der Waals surface area contributed by atoms with Crippen LogP contribution in [0.1, 0.15) is 48.8 Å². The van der Waals surface area contributed by atoms with E-state index in [4.69, 9.17) is 25.8 Å². The third-order valence-corrected chi connectivity index (χ3v) is 5.90. The number of benzene rings is 1. The number of halogens is 1. The summed E-state index contributed by atoms with van der Waals surface area (Å²) in [6.07, 6.45) is 14.9. The molecule has 0 saturated carbocycles. The second kappa shape index (κ2) is 9.16. The number of carbonyl (C=O) groups is 1. The molecule has 1 fully saturated rings. The van der Waals surface area contributed by atoms with Crippen LogP contribution in [0.4, 0.5) is 0 Å². The molecule has 1 aromatic rings. The van der Waals surface area contributed by atoms with Gasteiger partial charge in [-0.3, -0.25) is 4.79 Å². The van der Waals surface area contributed by atoms with Crippen molar-refractivity contribution in [2.24, 2.45) is 0 Å². The summed E-state index contributed by atoms with van der Waals surface area (Å²) in [5.41, 5.74) is 3.13. The molecule has 5 nitrogen and oxygen atoms in total. The van der Waals surface area contributed by atoms with Crippen molar-refractivity contribution >= 4 is 29.5 Å². The van der Waals surface area contributed by atoms with Gasteiger partial charge in [0.25, 0.3) is 0 Å². The zero-order chi connectivity index (χ0) is 20.2. The van der Waals surface area contributed by atoms with Crippen LogP contribution < -0.4 is 4.74 Å². The molecular weight excluding hydrogens is 392 g/mol. The zero-order valence-electron chi connectivity index (χ0n) is 16.2. The van der Waals surface area contributed by atoms with Crippen molar-refractivity contribution < 1.29 is 24.1 Å². The van der Waals surface area contributed by atoms with Crippen LogP contribution in [0, 0.1) is 0 Å². The first kappa shape index (κ1) is 20.2. The molecule has 2 heterocycles. The van der Waals surface area contributed by atoms with Gasteiger partial charge >= 0.3 is 0 Å². The lowest BCUT2D eigenvalue weighted by atomic mass is 9.93. The molecule has 1 aliphatic carbocycles. The monoisotopic (exact) mass is 416 g/mol. The van der Waals surface area contributed by atoms with Crippen LogP contribution in [0.25, 0.3) is 11.6 Å². The number of phenolic OH excluding ortho intramolecular Hbond substituents is 1. The Bertz CT molecular complexity index is 865. The molecule has 2 unspecified atom stereocenters. The lowest BCUT2D eigenvalue weighted by Gasteiger charge is -2.22. The minimum atomic E-state index is -0.192. The molecule has 6 heteroatoms. The maximum atomic E-state index is 10.9. The number of aldehydes is 1. The van der Waals surface area contributed by atoms with Gasteiger partial charge in [-0.15, -0.1) is 0 Å². The van der Waals surface area contributed by atoms with Crippen molar-refractivity contribution in [1.29, 1.82) is 0 Å². The number of allylic oxidation sites excluding steroid dienone is 3. The first-order valence-corrected chi connectivity index (χ1v) is 10.6. The van der Waals surface area contributed by atoms with Crippen LogP contribution in [-0.4, -0.2) is 37.0 Å². The Hall–Kier alpha value is -2.08. The third-order valence-electron chi connectivity index (χ3n) is 5.51. The highest BCUT2D eigenvalue weighted by Gasteiger charge is 2.36. The fraction of sp³-hybridized carbons (Fsp3) is 0.435. The van der Waals surface area contributed by atoms with E-state index in [0.717, 1.165) is 49.8 Å². The van der Waals surface area contributed by atoms with Crippen molar-refractivity contribution in [2.75, 3.05) is 13.2 Å². The van der Waals surface area contributed by atoms with Crippen molar-refractivity contribution in [2.45, 2.75) is 50.9 Å². The number of rotatable bonds is 8. The minimum absolute atomic E-state index is 0.00574. The molecule has 1 saturated heterocycles. The Morgan fingerprint density at radius 1 is 1.31 bits per heavy atom. The zero-order valence-corrected chi connectivity index (χ0v) is 17.0. The third kappa shape index (κ3) is 4.13. The van der Waals surface area contributed by atoms with Gasteiger partial charge in [0.1, 0.15) is 23.9 Å². The first-order chi connectivity index (χ1) is 14.2. The topological polar surface area (TPSA) is 65.0 Å². The molecule has 154 valence electrons. The van der Waals surface area contributed by atoms with Gasteiger partial charge in [0.15, 0.2) is 6.29 Å².